The molecule has 104 valence electrons. The van der Waals surface area contributed by atoms with Crippen LogP contribution >= 0.6 is 0 Å². The summed E-state index contributed by atoms with van der Waals surface area (Å²) < 4.78 is 5.65. The van der Waals surface area contributed by atoms with Crippen molar-refractivity contribution in [1.82, 2.24) is 10.2 Å². The largest absolute Gasteiger partial charge is 0.437 e. The summed E-state index contributed by atoms with van der Waals surface area (Å²) in [6.07, 6.45) is 1.44. The van der Waals surface area contributed by atoms with Gasteiger partial charge in [0.05, 0.1) is 11.8 Å². The quantitative estimate of drug-likeness (QED) is 0.378. The number of amidine groups is 1. The van der Waals surface area contributed by atoms with Gasteiger partial charge in [0.25, 0.3) is 0 Å². The zero-order valence-corrected chi connectivity index (χ0v) is 11.2. The third-order valence-corrected chi connectivity index (χ3v) is 2.62. The first-order valence-electron chi connectivity index (χ1n) is 5.86. The van der Waals surface area contributed by atoms with E-state index in [0.717, 1.165) is 5.69 Å². The van der Waals surface area contributed by atoms with Crippen molar-refractivity contribution in [2.75, 3.05) is 19.0 Å². The number of aromatic nitrogens is 2. The van der Waals surface area contributed by atoms with Crippen LogP contribution in [0.2, 0.25) is 0 Å². The van der Waals surface area contributed by atoms with Crippen molar-refractivity contribution >= 4 is 11.5 Å². The summed E-state index contributed by atoms with van der Waals surface area (Å²) >= 11 is 0. The van der Waals surface area contributed by atoms with E-state index in [-0.39, 0.29) is 11.7 Å². The van der Waals surface area contributed by atoms with Gasteiger partial charge < -0.3 is 20.6 Å². The van der Waals surface area contributed by atoms with Crippen molar-refractivity contribution in [2.45, 2.75) is 0 Å². The summed E-state index contributed by atoms with van der Waals surface area (Å²) in [5.41, 5.74) is 6.93. The third-order valence-electron chi connectivity index (χ3n) is 2.62. The number of nitrogens with two attached hydrogens (primary N) is 1. The number of hydrogen-bond acceptors (Lipinski definition) is 6. The second-order valence-corrected chi connectivity index (χ2v) is 4.23. The Morgan fingerprint density at radius 2 is 2.15 bits per heavy atom. The average molecular weight is 273 g/mol. The molecule has 2 aromatic rings. The van der Waals surface area contributed by atoms with Crippen molar-refractivity contribution in [3.05, 3.63) is 42.1 Å². The highest BCUT2D eigenvalue weighted by atomic mass is 16.5. The molecular formula is C13H15N5O2. The van der Waals surface area contributed by atoms with E-state index in [9.17, 15) is 0 Å². The van der Waals surface area contributed by atoms with Crippen LogP contribution in [0.1, 0.15) is 5.56 Å². The van der Waals surface area contributed by atoms with Crippen molar-refractivity contribution in [2.24, 2.45) is 10.9 Å². The van der Waals surface area contributed by atoms with Gasteiger partial charge in [0.2, 0.25) is 5.88 Å². The van der Waals surface area contributed by atoms with E-state index in [1.54, 1.807) is 12.1 Å². The molecule has 0 aliphatic rings. The van der Waals surface area contributed by atoms with Crippen LogP contribution in [-0.4, -0.2) is 35.3 Å². The fourth-order valence-corrected chi connectivity index (χ4v) is 1.58. The molecule has 0 unspecified atom stereocenters. The molecule has 1 heterocycles. The van der Waals surface area contributed by atoms with Gasteiger partial charge in [-0.3, -0.25) is 0 Å². The van der Waals surface area contributed by atoms with Gasteiger partial charge in [-0.2, -0.15) is 5.10 Å². The number of benzene rings is 1. The SMILES string of the molecule is CN(C)c1cccc(Oc2nnccc2/C(N)=N/O)c1. The number of hydrogen-bond donors (Lipinski definition) is 2. The fourth-order valence-electron chi connectivity index (χ4n) is 1.58. The molecule has 1 aromatic carbocycles. The molecule has 20 heavy (non-hydrogen) atoms. The number of oxime groups is 1. The predicted molar refractivity (Wildman–Crippen MR) is 75.4 cm³/mol. The van der Waals surface area contributed by atoms with Crippen LogP contribution in [0.15, 0.2) is 41.7 Å². The van der Waals surface area contributed by atoms with Gasteiger partial charge >= 0.3 is 0 Å². The van der Waals surface area contributed by atoms with Gasteiger partial charge in [-0.1, -0.05) is 11.2 Å². The molecule has 0 amide bonds. The molecule has 0 aliphatic carbocycles. The Bertz CT molecular complexity index is 628. The molecule has 0 aliphatic heterocycles. The zero-order valence-electron chi connectivity index (χ0n) is 11.2. The second kappa shape index (κ2) is 5.87. The summed E-state index contributed by atoms with van der Waals surface area (Å²) in [5.74, 6) is 0.682. The predicted octanol–water partition coefficient (Wildman–Crippen LogP) is 1.43. The minimum atomic E-state index is -0.0846. The Morgan fingerprint density at radius 1 is 1.35 bits per heavy atom. The molecule has 0 atom stereocenters. The number of anilines is 1. The zero-order chi connectivity index (χ0) is 14.5. The first-order valence-corrected chi connectivity index (χ1v) is 5.86. The van der Waals surface area contributed by atoms with Gasteiger partial charge in [-0.15, -0.1) is 5.10 Å². The maximum atomic E-state index is 8.75. The molecule has 0 fully saturated rings. The molecule has 7 heteroatoms. The van der Waals surface area contributed by atoms with Crippen molar-refractivity contribution in [1.29, 1.82) is 0 Å². The highest BCUT2D eigenvalue weighted by Crippen LogP contribution is 2.25. The number of rotatable bonds is 4. The van der Waals surface area contributed by atoms with Crippen molar-refractivity contribution in [3.8, 4) is 11.6 Å². The minimum Gasteiger partial charge on any atom is -0.437 e. The minimum absolute atomic E-state index is 0.0846. The van der Waals surface area contributed by atoms with Crippen LogP contribution < -0.4 is 15.4 Å². The standard InChI is InChI=1S/C13H15N5O2/c1-18(2)9-4-3-5-10(8-9)20-13-11(12(14)17-19)6-7-15-16-13/h3-8,19H,1-2H3,(H2,14,17). The fraction of sp³-hybridized carbons (Fsp3) is 0.154. The molecule has 3 N–H and O–H groups in total. The van der Waals surface area contributed by atoms with E-state index in [1.165, 1.54) is 6.20 Å². The Labute approximate surface area is 116 Å². The highest BCUT2D eigenvalue weighted by molar-refractivity contribution is 5.98. The molecule has 2 rings (SSSR count). The van der Waals surface area contributed by atoms with Crippen molar-refractivity contribution in [3.63, 3.8) is 0 Å². The lowest BCUT2D eigenvalue weighted by Gasteiger charge is -2.14. The van der Waals surface area contributed by atoms with E-state index in [4.69, 9.17) is 15.7 Å². The normalized spacial score (nSPS) is 11.2. The van der Waals surface area contributed by atoms with Crippen LogP contribution in [0.25, 0.3) is 0 Å². The third kappa shape index (κ3) is 2.94. The molecule has 0 bridgehead atoms. The van der Waals surface area contributed by atoms with Crippen LogP contribution in [0.5, 0.6) is 11.6 Å². The van der Waals surface area contributed by atoms with Crippen LogP contribution in [0.4, 0.5) is 5.69 Å². The van der Waals surface area contributed by atoms with Crippen LogP contribution in [-0.2, 0) is 0 Å². The monoisotopic (exact) mass is 273 g/mol. The van der Waals surface area contributed by atoms with Gasteiger partial charge in [0.15, 0.2) is 5.84 Å². The summed E-state index contributed by atoms with van der Waals surface area (Å²) in [5, 5.41) is 19.3. The highest BCUT2D eigenvalue weighted by Gasteiger charge is 2.11. The Hall–Kier alpha value is -2.83. The van der Waals surface area contributed by atoms with Gasteiger partial charge in [0.1, 0.15) is 5.75 Å². The molecule has 0 radical (unpaired) electrons. The molecule has 1 aromatic heterocycles. The summed E-state index contributed by atoms with van der Waals surface area (Å²) in [6.45, 7) is 0. The summed E-state index contributed by atoms with van der Waals surface area (Å²) in [7, 11) is 3.87. The lowest BCUT2D eigenvalue weighted by molar-refractivity contribution is 0.318. The second-order valence-electron chi connectivity index (χ2n) is 4.23. The van der Waals surface area contributed by atoms with E-state index in [2.05, 4.69) is 15.4 Å². The first-order chi connectivity index (χ1) is 9.61. The molecule has 0 saturated heterocycles. The van der Waals surface area contributed by atoms with Crippen LogP contribution in [0.3, 0.4) is 0 Å². The lowest BCUT2D eigenvalue weighted by atomic mass is 10.2. The number of nitrogens with zero attached hydrogens (tertiary/aromatic N) is 4. The Morgan fingerprint density at radius 3 is 2.85 bits per heavy atom. The van der Waals surface area contributed by atoms with Crippen molar-refractivity contribution < 1.29 is 9.94 Å². The molecule has 0 spiro atoms. The topological polar surface area (TPSA) is 96.9 Å². The van der Waals surface area contributed by atoms with E-state index in [0.29, 0.717) is 11.3 Å². The Balaban J connectivity index is 2.33. The smallest absolute Gasteiger partial charge is 0.250 e. The first kappa shape index (κ1) is 13.6. The molecule has 0 saturated carbocycles. The van der Waals surface area contributed by atoms with E-state index >= 15 is 0 Å². The van der Waals surface area contributed by atoms with Crippen LogP contribution in [0, 0.1) is 0 Å². The maximum Gasteiger partial charge on any atom is 0.250 e. The number of ether oxygens (including phenoxy) is 1. The van der Waals surface area contributed by atoms with Gasteiger partial charge in [0, 0.05) is 25.8 Å². The van der Waals surface area contributed by atoms with E-state index < -0.39 is 0 Å². The van der Waals surface area contributed by atoms with Gasteiger partial charge in [-0.25, -0.2) is 0 Å². The summed E-state index contributed by atoms with van der Waals surface area (Å²) in [4.78, 5) is 1.95. The molecular weight excluding hydrogens is 258 g/mol. The Kier molecular flexibility index (Phi) is 3.99. The summed E-state index contributed by atoms with van der Waals surface area (Å²) in [6, 6.07) is 9.02. The maximum absolute atomic E-state index is 8.75. The molecule has 7 nitrogen and oxygen atoms in total. The van der Waals surface area contributed by atoms with Gasteiger partial charge in [-0.05, 0) is 18.2 Å². The average Bonchev–Trinajstić information content (AvgIpc) is 2.47. The van der Waals surface area contributed by atoms with E-state index in [1.807, 2.05) is 37.2 Å². The lowest BCUT2D eigenvalue weighted by Crippen LogP contribution is -2.15.